The molecule has 1 amide bonds. The minimum atomic E-state index is -2.97. The molecular weight excluding hydrogens is 388 g/mol. The first-order valence-corrected chi connectivity index (χ1v) is 8.51. The minimum absolute atomic E-state index is 0.0970. The van der Waals surface area contributed by atoms with Gasteiger partial charge < -0.3 is 19.5 Å². The minimum Gasteiger partial charge on any atom is -0.496 e. The van der Waals surface area contributed by atoms with Gasteiger partial charge in [0.05, 0.1) is 12.7 Å². The Balaban J connectivity index is 1.88. The number of nitrogens with one attached hydrogen (secondary N) is 1. The maximum atomic E-state index is 12.3. The van der Waals surface area contributed by atoms with Gasteiger partial charge in [0.1, 0.15) is 18.0 Å². The summed E-state index contributed by atoms with van der Waals surface area (Å²) in [5, 5.41) is 2.39. The van der Waals surface area contributed by atoms with Crippen LogP contribution in [0.15, 0.2) is 48.5 Å². The molecule has 0 aliphatic rings. The summed E-state index contributed by atoms with van der Waals surface area (Å²) in [5.41, 5.74) is 0.406. The van der Waals surface area contributed by atoms with Crippen LogP contribution in [0.2, 0.25) is 0 Å². The smallest absolute Gasteiger partial charge is 0.387 e. The number of methoxy groups -OCH3 is 1. The predicted molar refractivity (Wildman–Crippen MR) is 98.3 cm³/mol. The number of Topliss-reactive ketones (excluding diaryl/α,β-unsaturated/α-hetero) is 1. The van der Waals surface area contributed by atoms with Crippen LogP contribution in [0.1, 0.15) is 27.6 Å². The monoisotopic (exact) mass is 407 g/mol. The zero-order valence-corrected chi connectivity index (χ0v) is 15.7. The van der Waals surface area contributed by atoms with Gasteiger partial charge in [-0.1, -0.05) is 12.1 Å². The van der Waals surface area contributed by atoms with E-state index >= 15 is 0 Å². The van der Waals surface area contributed by atoms with Gasteiger partial charge in [0.2, 0.25) is 5.78 Å². The standard InChI is InChI=1S/C20H19F2NO6/c1-12(18(25)13-7-9-14(10-8-13)29-20(21)22)28-17(24)11-23-19(26)15-5-3-4-6-16(15)27-2/h3-10,12,20H,11H2,1-2H3,(H,23,26)/t12-/m0/s1. The second-order valence-corrected chi connectivity index (χ2v) is 5.78. The van der Waals surface area contributed by atoms with E-state index < -0.39 is 36.9 Å². The van der Waals surface area contributed by atoms with E-state index in [1.54, 1.807) is 18.2 Å². The summed E-state index contributed by atoms with van der Waals surface area (Å²) >= 11 is 0. The molecule has 0 bridgehead atoms. The Labute approximate surface area is 165 Å². The second-order valence-electron chi connectivity index (χ2n) is 5.78. The number of esters is 1. The number of amides is 1. The first-order chi connectivity index (χ1) is 13.8. The fourth-order valence-electron chi connectivity index (χ4n) is 2.41. The SMILES string of the molecule is COc1ccccc1C(=O)NCC(=O)O[C@@H](C)C(=O)c1ccc(OC(F)F)cc1. The molecule has 29 heavy (non-hydrogen) atoms. The number of rotatable bonds is 9. The normalized spacial score (nSPS) is 11.5. The molecule has 0 spiro atoms. The van der Waals surface area contributed by atoms with E-state index in [2.05, 4.69) is 10.1 Å². The van der Waals surface area contributed by atoms with E-state index in [1.807, 2.05) is 0 Å². The molecule has 2 aromatic rings. The lowest BCUT2D eigenvalue weighted by atomic mass is 10.1. The van der Waals surface area contributed by atoms with E-state index in [0.717, 1.165) is 0 Å². The van der Waals surface area contributed by atoms with Crippen LogP contribution < -0.4 is 14.8 Å². The second kappa shape index (κ2) is 10.2. The van der Waals surface area contributed by atoms with Gasteiger partial charge in [-0.05, 0) is 43.3 Å². The Hall–Kier alpha value is -3.49. The quantitative estimate of drug-likeness (QED) is 0.508. The lowest BCUT2D eigenvalue weighted by Crippen LogP contribution is -2.34. The summed E-state index contributed by atoms with van der Waals surface area (Å²) in [5.74, 6) is -1.63. The maximum Gasteiger partial charge on any atom is 0.387 e. The van der Waals surface area contributed by atoms with Crippen LogP contribution in [-0.2, 0) is 9.53 Å². The first kappa shape index (κ1) is 21.8. The van der Waals surface area contributed by atoms with Crippen LogP contribution in [0.5, 0.6) is 11.5 Å². The molecule has 1 N–H and O–H groups in total. The van der Waals surface area contributed by atoms with Gasteiger partial charge in [0.25, 0.3) is 5.91 Å². The molecule has 0 radical (unpaired) electrons. The zero-order valence-electron chi connectivity index (χ0n) is 15.7. The van der Waals surface area contributed by atoms with Crippen molar-refractivity contribution in [1.29, 1.82) is 0 Å². The summed E-state index contributed by atoms with van der Waals surface area (Å²) in [7, 11) is 1.42. The highest BCUT2D eigenvalue weighted by Crippen LogP contribution is 2.17. The van der Waals surface area contributed by atoms with E-state index in [1.165, 1.54) is 44.4 Å². The van der Waals surface area contributed by atoms with Crippen LogP contribution in [0, 0.1) is 0 Å². The van der Waals surface area contributed by atoms with Crippen molar-refractivity contribution in [2.75, 3.05) is 13.7 Å². The number of carbonyl (C=O) groups excluding carboxylic acids is 3. The van der Waals surface area contributed by atoms with Crippen LogP contribution in [0.25, 0.3) is 0 Å². The molecule has 0 saturated heterocycles. The topological polar surface area (TPSA) is 90.9 Å². The van der Waals surface area contributed by atoms with Gasteiger partial charge >= 0.3 is 12.6 Å². The van der Waals surface area contributed by atoms with Crippen molar-refractivity contribution in [2.24, 2.45) is 0 Å². The summed E-state index contributed by atoms with van der Waals surface area (Å²) in [6.07, 6.45) is -1.13. The molecule has 7 nitrogen and oxygen atoms in total. The van der Waals surface area contributed by atoms with Gasteiger partial charge in [-0.2, -0.15) is 8.78 Å². The Morgan fingerprint density at radius 3 is 2.31 bits per heavy atom. The van der Waals surface area contributed by atoms with Crippen molar-refractivity contribution >= 4 is 17.7 Å². The molecule has 9 heteroatoms. The third kappa shape index (κ3) is 6.27. The van der Waals surface area contributed by atoms with E-state index in [-0.39, 0.29) is 16.9 Å². The van der Waals surface area contributed by atoms with Gasteiger partial charge in [0, 0.05) is 5.56 Å². The summed E-state index contributed by atoms with van der Waals surface area (Å²) < 4.78 is 38.6. The Morgan fingerprint density at radius 1 is 1.03 bits per heavy atom. The molecule has 0 fully saturated rings. The zero-order chi connectivity index (χ0) is 21.4. The fourth-order valence-corrected chi connectivity index (χ4v) is 2.41. The molecule has 1 atom stereocenters. The van der Waals surface area contributed by atoms with Crippen LogP contribution >= 0.6 is 0 Å². The van der Waals surface area contributed by atoms with Gasteiger partial charge in [-0.3, -0.25) is 14.4 Å². The summed E-state index contributed by atoms with van der Waals surface area (Å²) in [6.45, 7) is -2.05. The van der Waals surface area contributed by atoms with Crippen molar-refractivity contribution in [2.45, 2.75) is 19.6 Å². The Bertz CT molecular complexity index is 870. The molecule has 0 unspecified atom stereocenters. The van der Waals surface area contributed by atoms with E-state index in [9.17, 15) is 23.2 Å². The number of benzene rings is 2. The fraction of sp³-hybridized carbons (Fsp3) is 0.250. The summed E-state index contributed by atoms with van der Waals surface area (Å²) in [6, 6.07) is 11.5. The molecule has 2 rings (SSSR count). The van der Waals surface area contributed by atoms with Gasteiger partial charge in [0.15, 0.2) is 6.10 Å². The van der Waals surface area contributed by atoms with E-state index in [4.69, 9.17) is 9.47 Å². The largest absolute Gasteiger partial charge is 0.496 e. The Kier molecular flexibility index (Phi) is 7.64. The third-order valence-corrected chi connectivity index (χ3v) is 3.79. The summed E-state index contributed by atoms with van der Waals surface area (Å²) in [4.78, 5) is 36.4. The molecule has 0 aliphatic heterocycles. The number of alkyl halides is 2. The predicted octanol–water partition coefficient (Wildman–Crippen LogP) is 2.84. The van der Waals surface area contributed by atoms with Gasteiger partial charge in [-0.15, -0.1) is 0 Å². The highest BCUT2D eigenvalue weighted by molar-refractivity contribution is 6.01. The van der Waals surface area contributed by atoms with Crippen LogP contribution in [0.4, 0.5) is 8.78 Å². The molecule has 154 valence electrons. The average molecular weight is 407 g/mol. The number of carbonyl (C=O) groups is 3. The lowest BCUT2D eigenvalue weighted by Gasteiger charge is -2.13. The molecule has 0 heterocycles. The number of hydrogen-bond donors (Lipinski definition) is 1. The molecular formula is C20H19F2NO6. The number of hydrogen-bond acceptors (Lipinski definition) is 6. The number of halogens is 2. The lowest BCUT2D eigenvalue weighted by molar-refractivity contribution is -0.145. The van der Waals surface area contributed by atoms with Crippen molar-refractivity contribution in [1.82, 2.24) is 5.32 Å². The number of para-hydroxylation sites is 1. The van der Waals surface area contributed by atoms with Crippen molar-refractivity contribution in [3.8, 4) is 11.5 Å². The Morgan fingerprint density at radius 2 is 1.69 bits per heavy atom. The molecule has 2 aromatic carbocycles. The number of ketones is 1. The number of ether oxygens (including phenoxy) is 3. The average Bonchev–Trinajstić information content (AvgIpc) is 2.71. The third-order valence-electron chi connectivity index (χ3n) is 3.79. The van der Waals surface area contributed by atoms with Crippen molar-refractivity contribution in [3.05, 3.63) is 59.7 Å². The van der Waals surface area contributed by atoms with Gasteiger partial charge in [-0.25, -0.2) is 0 Å². The highest BCUT2D eigenvalue weighted by atomic mass is 19.3. The van der Waals surface area contributed by atoms with Crippen molar-refractivity contribution in [3.63, 3.8) is 0 Å². The van der Waals surface area contributed by atoms with E-state index in [0.29, 0.717) is 5.75 Å². The van der Waals surface area contributed by atoms with Crippen LogP contribution in [0.3, 0.4) is 0 Å². The van der Waals surface area contributed by atoms with Crippen LogP contribution in [-0.4, -0.2) is 44.0 Å². The van der Waals surface area contributed by atoms with Crippen molar-refractivity contribution < 1.29 is 37.4 Å². The maximum absolute atomic E-state index is 12.3. The molecule has 0 saturated carbocycles. The molecule has 0 aromatic heterocycles. The molecule has 0 aliphatic carbocycles. The first-order valence-electron chi connectivity index (χ1n) is 8.51. The highest BCUT2D eigenvalue weighted by Gasteiger charge is 2.21.